The number of hydrogen-bond donors (Lipinski definition) is 1. The van der Waals surface area contributed by atoms with E-state index in [9.17, 15) is 5.11 Å². The number of pyridine rings is 1. The van der Waals surface area contributed by atoms with E-state index >= 15 is 0 Å². The molecule has 0 amide bonds. The lowest BCUT2D eigenvalue weighted by Gasteiger charge is -2.20. The van der Waals surface area contributed by atoms with Gasteiger partial charge in [-0.15, -0.1) is 0 Å². The highest BCUT2D eigenvalue weighted by Crippen LogP contribution is 2.22. The van der Waals surface area contributed by atoms with Crippen LogP contribution in [0.4, 0.5) is 5.69 Å². The summed E-state index contributed by atoms with van der Waals surface area (Å²) in [7, 11) is 3.68. The van der Waals surface area contributed by atoms with E-state index in [0.717, 1.165) is 23.5 Å². The van der Waals surface area contributed by atoms with Crippen molar-refractivity contribution in [3.05, 3.63) is 53.9 Å². The number of benzene rings is 1. The summed E-state index contributed by atoms with van der Waals surface area (Å²) >= 11 is 0. The fraction of sp³-hybridized carbons (Fsp3) is 0.312. The quantitative estimate of drug-likeness (QED) is 0.909. The fourth-order valence-electron chi connectivity index (χ4n) is 2.05. The minimum absolute atomic E-state index is 0.538. The van der Waals surface area contributed by atoms with Gasteiger partial charge in [-0.25, -0.2) is 0 Å². The normalized spacial score (nSPS) is 12.0. The van der Waals surface area contributed by atoms with Gasteiger partial charge in [-0.3, -0.25) is 4.98 Å². The minimum atomic E-state index is -0.538. The Morgan fingerprint density at radius 1 is 1.25 bits per heavy atom. The van der Waals surface area contributed by atoms with Crippen molar-refractivity contribution in [3.8, 4) is 5.75 Å². The second kappa shape index (κ2) is 6.39. The highest BCUT2D eigenvalue weighted by Gasteiger charge is 2.08. The van der Waals surface area contributed by atoms with E-state index in [1.54, 1.807) is 20.2 Å². The summed E-state index contributed by atoms with van der Waals surface area (Å²) in [6, 6.07) is 11.8. The first-order valence-corrected chi connectivity index (χ1v) is 6.59. The summed E-state index contributed by atoms with van der Waals surface area (Å²) < 4.78 is 5.36. The number of ether oxygens (including phenoxy) is 1. The minimum Gasteiger partial charge on any atom is -0.496 e. The number of nitrogens with zero attached hydrogens (tertiary/aromatic N) is 2. The van der Waals surface area contributed by atoms with Gasteiger partial charge in [0.15, 0.2) is 0 Å². The van der Waals surface area contributed by atoms with Gasteiger partial charge in [-0.05, 0) is 25.1 Å². The molecule has 0 aliphatic carbocycles. The lowest BCUT2D eigenvalue weighted by molar-refractivity contribution is 0.194. The Morgan fingerprint density at radius 3 is 2.60 bits per heavy atom. The van der Waals surface area contributed by atoms with Crippen LogP contribution in [0.1, 0.15) is 24.3 Å². The maximum atomic E-state index is 9.46. The maximum Gasteiger partial charge on any atom is 0.123 e. The lowest BCUT2D eigenvalue weighted by atomic mass is 10.2. The van der Waals surface area contributed by atoms with Crippen molar-refractivity contribution in [3.63, 3.8) is 0 Å². The Morgan fingerprint density at radius 2 is 2.00 bits per heavy atom. The standard InChI is InChI=1S/C16H20N2O2/c1-12(19)15-9-8-14(10-17-15)18(2)11-13-6-4-5-7-16(13)20-3/h4-10,12,19H,11H2,1-3H3. The zero-order chi connectivity index (χ0) is 14.5. The van der Waals surface area contributed by atoms with E-state index in [0.29, 0.717) is 5.69 Å². The van der Waals surface area contributed by atoms with Crippen LogP contribution in [0, 0.1) is 0 Å². The Kier molecular flexibility index (Phi) is 4.58. The molecular formula is C16H20N2O2. The van der Waals surface area contributed by atoms with Crippen LogP contribution in [0.3, 0.4) is 0 Å². The van der Waals surface area contributed by atoms with Gasteiger partial charge in [0, 0.05) is 19.2 Å². The van der Waals surface area contributed by atoms with E-state index in [4.69, 9.17) is 4.74 Å². The van der Waals surface area contributed by atoms with Gasteiger partial charge < -0.3 is 14.7 Å². The average molecular weight is 272 g/mol. The molecule has 1 atom stereocenters. The predicted molar refractivity (Wildman–Crippen MR) is 80.0 cm³/mol. The molecule has 1 aromatic carbocycles. The summed E-state index contributed by atoms with van der Waals surface area (Å²) in [4.78, 5) is 6.35. The third-order valence-corrected chi connectivity index (χ3v) is 3.24. The van der Waals surface area contributed by atoms with Crippen LogP contribution in [0.5, 0.6) is 5.75 Å². The van der Waals surface area contributed by atoms with E-state index in [1.165, 1.54) is 0 Å². The number of para-hydroxylation sites is 1. The fourth-order valence-corrected chi connectivity index (χ4v) is 2.05. The van der Waals surface area contributed by atoms with Gasteiger partial charge in [-0.2, -0.15) is 0 Å². The molecule has 1 N–H and O–H groups in total. The second-order valence-electron chi connectivity index (χ2n) is 4.79. The number of aliphatic hydroxyl groups is 1. The van der Waals surface area contributed by atoms with Gasteiger partial charge in [0.05, 0.1) is 30.8 Å². The van der Waals surface area contributed by atoms with Crippen molar-refractivity contribution in [1.29, 1.82) is 0 Å². The molecule has 1 unspecified atom stereocenters. The Bertz CT molecular complexity index is 553. The third-order valence-electron chi connectivity index (χ3n) is 3.24. The molecule has 0 radical (unpaired) electrons. The van der Waals surface area contributed by atoms with Crippen LogP contribution in [0.25, 0.3) is 0 Å². The number of aliphatic hydroxyl groups excluding tert-OH is 1. The van der Waals surface area contributed by atoms with Crippen molar-refractivity contribution in [2.45, 2.75) is 19.6 Å². The molecule has 0 fully saturated rings. The van der Waals surface area contributed by atoms with Crippen molar-refractivity contribution < 1.29 is 9.84 Å². The summed E-state index contributed by atoms with van der Waals surface area (Å²) in [5.41, 5.74) is 2.80. The first-order chi connectivity index (χ1) is 9.61. The Labute approximate surface area is 119 Å². The van der Waals surface area contributed by atoms with Crippen molar-refractivity contribution in [2.24, 2.45) is 0 Å². The topological polar surface area (TPSA) is 45.6 Å². The van der Waals surface area contributed by atoms with E-state index < -0.39 is 6.10 Å². The zero-order valence-electron chi connectivity index (χ0n) is 12.1. The number of aromatic nitrogens is 1. The largest absolute Gasteiger partial charge is 0.496 e. The SMILES string of the molecule is COc1ccccc1CN(C)c1ccc(C(C)O)nc1. The summed E-state index contributed by atoms with van der Waals surface area (Å²) in [6.07, 6.45) is 1.24. The predicted octanol–water partition coefficient (Wildman–Crippen LogP) is 2.78. The van der Waals surface area contributed by atoms with Crippen LogP contribution >= 0.6 is 0 Å². The molecule has 0 saturated carbocycles. The number of methoxy groups -OCH3 is 1. The average Bonchev–Trinajstić information content (AvgIpc) is 2.48. The van der Waals surface area contributed by atoms with Crippen LogP contribution < -0.4 is 9.64 Å². The monoisotopic (exact) mass is 272 g/mol. The molecule has 0 aliphatic rings. The Balaban J connectivity index is 2.13. The lowest BCUT2D eigenvalue weighted by Crippen LogP contribution is -2.17. The molecule has 0 spiro atoms. The van der Waals surface area contributed by atoms with Crippen LogP contribution in [0.15, 0.2) is 42.6 Å². The van der Waals surface area contributed by atoms with Crippen molar-refractivity contribution in [2.75, 3.05) is 19.1 Å². The third kappa shape index (κ3) is 3.27. The molecule has 1 aromatic heterocycles. The smallest absolute Gasteiger partial charge is 0.123 e. The molecule has 2 aromatic rings. The molecule has 0 bridgehead atoms. The van der Waals surface area contributed by atoms with Crippen LogP contribution in [-0.2, 0) is 6.54 Å². The van der Waals surface area contributed by atoms with Gasteiger partial charge >= 0.3 is 0 Å². The number of hydrogen-bond acceptors (Lipinski definition) is 4. The highest BCUT2D eigenvalue weighted by atomic mass is 16.5. The van der Waals surface area contributed by atoms with Crippen molar-refractivity contribution >= 4 is 5.69 Å². The molecule has 106 valence electrons. The molecule has 4 heteroatoms. The summed E-state index contributed by atoms with van der Waals surface area (Å²) in [6.45, 7) is 2.44. The number of rotatable bonds is 5. The highest BCUT2D eigenvalue weighted by molar-refractivity contribution is 5.46. The molecule has 1 heterocycles. The molecule has 4 nitrogen and oxygen atoms in total. The second-order valence-corrected chi connectivity index (χ2v) is 4.79. The molecule has 20 heavy (non-hydrogen) atoms. The number of anilines is 1. The van der Waals surface area contributed by atoms with E-state index in [1.807, 2.05) is 43.4 Å². The molecular weight excluding hydrogens is 252 g/mol. The van der Waals surface area contributed by atoms with Gasteiger partial charge in [-0.1, -0.05) is 18.2 Å². The van der Waals surface area contributed by atoms with E-state index in [-0.39, 0.29) is 0 Å². The van der Waals surface area contributed by atoms with Crippen LogP contribution in [-0.4, -0.2) is 24.2 Å². The summed E-state index contributed by atoms with van der Waals surface area (Å²) in [5, 5.41) is 9.46. The first-order valence-electron chi connectivity index (χ1n) is 6.59. The van der Waals surface area contributed by atoms with Gasteiger partial charge in [0.25, 0.3) is 0 Å². The van der Waals surface area contributed by atoms with Gasteiger partial charge in [0.1, 0.15) is 5.75 Å². The summed E-state index contributed by atoms with van der Waals surface area (Å²) in [5.74, 6) is 0.882. The van der Waals surface area contributed by atoms with Gasteiger partial charge in [0.2, 0.25) is 0 Å². The zero-order valence-corrected chi connectivity index (χ0v) is 12.1. The maximum absolute atomic E-state index is 9.46. The molecule has 0 saturated heterocycles. The molecule has 2 rings (SSSR count). The Hall–Kier alpha value is -2.07. The van der Waals surface area contributed by atoms with E-state index in [2.05, 4.69) is 9.88 Å². The van der Waals surface area contributed by atoms with Crippen molar-refractivity contribution in [1.82, 2.24) is 4.98 Å². The first kappa shape index (κ1) is 14.3. The molecule has 0 aliphatic heterocycles. The van der Waals surface area contributed by atoms with Crippen LogP contribution in [0.2, 0.25) is 0 Å².